The monoisotopic (exact) mass is 420 g/mol. The summed E-state index contributed by atoms with van der Waals surface area (Å²) in [7, 11) is 3.19. The minimum atomic E-state index is -0.231. The number of benzene rings is 2. The SMILES string of the molecule is COc1ccc(N(Cc2cc3cc(OC)ccc3[nH]c2=O)C(=O)c2cccs2)cc1. The molecule has 0 radical (unpaired) electrons. The van der Waals surface area contributed by atoms with Crippen LogP contribution in [0.25, 0.3) is 10.9 Å². The molecule has 0 aliphatic heterocycles. The minimum absolute atomic E-state index is 0.131. The third kappa shape index (κ3) is 3.92. The largest absolute Gasteiger partial charge is 0.497 e. The molecule has 1 amide bonds. The molecule has 30 heavy (non-hydrogen) atoms. The quantitative estimate of drug-likeness (QED) is 0.500. The number of amides is 1. The van der Waals surface area contributed by atoms with E-state index in [2.05, 4.69) is 4.98 Å². The average molecular weight is 420 g/mol. The van der Waals surface area contributed by atoms with Crippen LogP contribution in [-0.2, 0) is 6.54 Å². The summed E-state index contributed by atoms with van der Waals surface area (Å²) in [5, 5.41) is 2.69. The van der Waals surface area contributed by atoms with Crippen LogP contribution in [0.3, 0.4) is 0 Å². The zero-order valence-electron chi connectivity index (χ0n) is 16.5. The second kappa shape index (κ2) is 8.42. The number of nitrogens with one attached hydrogen (secondary N) is 1. The fourth-order valence-corrected chi connectivity index (χ4v) is 3.89. The van der Waals surface area contributed by atoms with E-state index < -0.39 is 0 Å². The van der Waals surface area contributed by atoms with E-state index in [0.29, 0.717) is 33.1 Å². The summed E-state index contributed by atoms with van der Waals surface area (Å²) in [6.07, 6.45) is 0. The Morgan fingerprint density at radius 3 is 2.40 bits per heavy atom. The van der Waals surface area contributed by atoms with Crippen molar-refractivity contribution >= 4 is 33.8 Å². The average Bonchev–Trinajstić information content (AvgIpc) is 3.32. The first kappa shape index (κ1) is 19.7. The second-order valence-corrected chi connectivity index (χ2v) is 7.59. The molecule has 2 aromatic carbocycles. The van der Waals surface area contributed by atoms with Crippen molar-refractivity contribution in [3.63, 3.8) is 0 Å². The highest BCUT2D eigenvalue weighted by Crippen LogP contribution is 2.25. The number of hydrogen-bond acceptors (Lipinski definition) is 5. The fourth-order valence-electron chi connectivity index (χ4n) is 3.22. The first-order valence-corrected chi connectivity index (χ1v) is 10.2. The summed E-state index contributed by atoms with van der Waals surface area (Å²) >= 11 is 1.37. The molecule has 0 unspecified atom stereocenters. The first-order valence-electron chi connectivity index (χ1n) is 9.28. The molecule has 0 atom stereocenters. The van der Waals surface area contributed by atoms with Crippen LogP contribution in [0.2, 0.25) is 0 Å². The molecule has 4 rings (SSSR count). The lowest BCUT2D eigenvalue weighted by Gasteiger charge is -2.22. The number of rotatable bonds is 6. The summed E-state index contributed by atoms with van der Waals surface area (Å²) in [5.74, 6) is 1.22. The molecule has 2 heterocycles. The van der Waals surface area contributed by atoms with E-state index in [4.69, 9.17) is 9.47 Å². The van der Waals surface area contributed by atoms with E-state index >= 15 is 0 Å². The molecule has 2 aromatic heterocycles. The van der Waals surface area contributed by atoms with Gasteiger partial charge in [-0.15, -0.1) is 11.3 Å². The molecule has 0 saturated carbocycles. The van der Waals surface area contributed by atoms with E-state index in [-0.39, 0.29) is 18.0 Å². The molecule has 0 spiro atoms. The Balaban J connectivity index is 1.76. The van der Waals surface area contributed by atoms with Gasteiger partial charge in [-0.25, -0.2) is 0 Å². The first-order chi connectivity index (χ1) is 14.6. The number of hydrogen-bond donors (Lipinski definition) is 1. The number of aromatic amines is 1. The van der Waals surface area contributed by atoms with E-state index in [0.717, 1.165) is 5.39 Å². The molecule has 7 heteroatoms. The van der Waals surface area contributed by atoms with Gasteiger partial charge in [0.15, 0.2) is 0 Å². The number of nitrogens with zero attached hydrogens (tertiary/aromatic N) is 1. The maximum atomic E-state index is 13.2. The minimum Gasteiger partial charge on any atom is -0.497 e. The van der Waals surface area contributed by atoms with Crippen molar-refractivity contribution in [3.05, 3.63) is 86.8 Å². The van der Waals surface area contributed by atoms with Crippen LogP contribution in [-0.4, -0.2) is 25.1 Å². The number of aromatic nitrogens is 1. The molecule has 0 saturated heterocycles. The third-order valence-electron chi connectivity index (χ3n) is 4.82. The maximum absolute atomic E-state index is 13.2. The van der Waals surface area contributed by atoms with E-state index in [1.165, 1.54) is 11.3 Å². The van der Waals surface area contributed by atoms with Gasteiger partial charge in [-0.1, -0.05) is 6.07 Å². The highest BCUT2D eigenvalue weighted by atomic mass is 32.1. The molecule has 152 valence electrons. The maximum Gasteiger partial charge on any atom is 0.268 e. The number of pyridine rings is 1. The van der Waals surface area contributed by atoms with Gasteiger partial charge in [0, 0.05) is 22.2 Å². The summed E-state index contributed by atoms with van der Waals surface area (Å²) in [6, 6.07) is 18.1. The molecular formula is C23H20N2O4S. The zero-order chi connectivity index (χ0) is 21.1. The van der Waals surface area contributed by atoms with Gasteiger partial charge in [-0.2, -0.15) is 0 Å². The van der Waals surface area contributed by atoms with Crippen molar-refractivity contribution in [1.29, 1.82) is 0 Å². The number of anilines is 1. The van der Waals surface area contributed by atoms with Crippen LogP contribution in [0.4, 0.5) is 5.69 Å². The van der Waals surface area contributed by atoms with Crippen LogP contribution in [0.15, 0.2) is 70.8 Å². The van der Waals surface area contributed by atoms with Crippen molar-refractivity contribution in [2.24, 2.45) is 0 Å². The van der Waals surface area contributed by atoms with Crippen molar-refractivity contribution < 1.29 is 14.3 Å². The van der Waals surface area contributed by atoms with E-state index in [9.17, 15) is 9.59 Å². The zero-order valence-corrected chi connectivity index (χ0v) is 17.4. The molecule has 4 aromatic rings. The molecule has 1 N–H and O–H groups in total. The lowest BCUT2D eigenvalue weighted by molar-refractivity contribution is 0.0989. The number of carbonyl (C=O) groups excluding carboxylic acids is 1. The Labute approximate surface area is 177 Å². The normalized spacial score (nSPS) is 10.7. The van der Waals surface area contributed by atoms with Crippen molar-refractivity contribution in [3.8, 4) is 11.5 Å². The number of methoxy groups -OCH3 is 2. The molecule has 0 aliphatic carbocycles. The van der Waals surface area contributed by atoms with E-state index in [1.807, 2.05) is 29.6 Å². The molecule has 0 aliphatic rings. The number of carbonyl (C=O) groups is 1. The predicted octanol–water partition coefficient (Wildman–Crippen LogP) is 4.45. The lowest BCUT2D eigenvalue weighted by atomic mass is 10.1. The molecular weight excluding hydrogens is 400 g/mol. The van der Waals surface area contributed by atoms with Crippen LogP contribution in [0, 0.1) is 0 Å². The van der Waals surface area contributed by atoms with Gasteiger partial charge in [0.1, 0.15) is 11.5 Å². The summed E-state index contributed by atoms with van der Waals surface area (Å²) in [6.45, 7) is 0.131. The Morgan fingerprint density at radius 2 is 1.73 bits per heavy atom. The Hall–Kier alpha value is -3.58. The standard InChI is InChI=1S/C23H20N2O4S/c1-28-18-7-5-17(6-8-18)25(23(27)21-4-3-11-30-21)14-16-12-15-13-19(29-2)9-10-20(15)24-22(16)26/h3-13H,14H2,1-2H3,(H,24,26). The highest BCUT2D eigenvalue weighted by Gasteiger charge is 2.21. The van der Waals surface area contributed by atoms with Gasteiger partial charge in [0.2, 0.25) is 0 Å². The summed E-state index contributed by atoms with van der Waals surface area (Å²) in [5.41, 5.74) is 1.64. The highest BCUT2D eigenvalue weighted by molar-refractivity contribution is 7.12. The van der Waals surface area contributed by atoms with Crippen LogP contribution < -0.4 is 19.9 Å². The third-order valence-corrected chi connectivity index (χ3v) is 5.68. The summed E-state index contributed by atoms with van der Waals surface area (Å²) < 4.78 is 10.5. The Bertz CT molecular complexity index is 1230. The smallest absolute Gasteiger partial charge is 0.268 e. The Kier molecular flexibility index (Phi) is 5.54. The van der Waals surface area contributed by atoms with Crippen molar-refractivity contribution in [2.45, 2.75) is 6.54 Å². The molecule has 0 bridgehead atoms. The number of ether oxygens (including phenoxy) is 2. The van der Waals surface area contributed by atoms with Crippen LogP contribution >= 0.6 is 11.3 Å². The van der Waals surface area contributed by atoms with Crippen molar-refractivity contribution in [2.75, 3.05) is 19.1 Å². The van der Waals surface area contributed by atoms with Crippen LogP contribution in [0.1, 0.15) is 15.2 Å². The van der Waals surface area contributed by atoms with E-state index in [1.54, 1.807) is 55.5 Å². The van der Waals surface area contributed by atoms with Gasteiger partial charge >= 0.3 is 0 Å². The van der Waals surface area contributed by atoms with Gasteiger partial charge in [0.25, 0.3) is 11.5 Å². The molecule has 0 fully saturated rings. The van der Waals surface area contributed by atoms with Crippen molar-refractivity contribution in [1.82, 2.24) is 4.98 Å². The second-order valence-electron chi connectivity index (χ2n) is 6.64. The Morgan fingerprint density at radius 1 is 1.00 bits per heavy atom. The molecule has 6 nitrogen and oxygen atoms in total. The van der Waals surface area contributed by atoms with Gasteiger partial charge < -0.3 is 19.4 Å². The summed E-state index contributed by atoms with van der Waals surface area (Å²) in [4.78, 5) is 31.0. The topological polar surface area (TPSA) is 71.6 Å². The number of thiophene rings is 1. The number of H-pyrrole nitrogens is 1. The number of fused-ring (bicyclic) bond motifs is 1. The van der Waals surface area contributed by atoms with Gasteiger partial charge in [0.05, 0.1) is 25.6 Å². The van der Waals surface area contributed by atoms with Gasteiger partial charge in [-0.3, -0.25) is 9.59 Å². The fraction of sp³-hybridized carbons (Fsp3) is 0.130. The van der Waals surface area contributed by atoms with Gasteiger partial charge in [-0.05, 0) is 60.0 Å². The van der Waals surface area contributed by atoms with Crippen LogP contribution in [0.5, 0.6) is 11.5 Å². The lowest BCUT2D eigenvalue weighted by Crippen LogP contribution is -2.32. The predicted molar refractivity (Wildman–Crippen MR) is 119 cm³/mol.